The van der Waals surface area contributed by atoms with Gasteiger partial charge in [-0.3, -0.25) is 0 Å². The molecule has 56 heavy (non-hydrogen) atoms. The quantitative estimate of drug-likeness (QED) is 0.240. The fraction of sp³-hybridized carbons (Fsp3) is 0. The first-order valence-corrected chi connectivity index (χ1v) is 20.6. The van der Waals surface area contributed by atoms with Gasteiger partial charge in [0.15, 0.2) is 24.8 Å². The number of halogens is 2. The van der Waals surface area contributed by atoms with Gasteiger partial charge in [-0.25, -0.2) is 47.2 Å². The van der Waals surface area contributed by atoms with Crippen molar-refractivity contribution in [2.45, 2.75) is 0 Å². The van der Waals surface area contributed by atoms with Crippen molar-refractivity contribution in [3.05, 3.63) is 183 Å². The largest absolute Gasteiger partial charge is 0.222 e. The highest BCUT2D eigenvalue weighted by atomic mass is 35.7. The number of hydrogen-bond acceptors (Lipinski definition) is 10. The maximum atomic E-state index is 8.49. The monoisotopic (exact) mass is 826 g/mol. The van der Waals surface area contributed by atoms with Gasteiger partial charge >= 0.3 is 0 Å². The molecule has 0 aliphatic heterocycles. The van der Waals surface area contributed by atoms with E-state index in [4.69, 9.17) is 37.3 Å². The molecule has 0 saturated carbocycles. The van der Waals surface area contributed by atoms with Crippen LogP contribution in [0.2, 0.25) is 0 Å². The van der Waals surface area contributed by atoms with Gasteiger partial charge < -0.3 is 0 Å². The Bertz CT molecular complexity index is 2050. The molecule has 0 amide bonds. The van der Waals surface area contributed by atoms with Gasteiger partial charge in [0.05, 0.1) is 0 Å². The van der Waals surface area contributed by atoms with Crippen LogP contribution < -0.4 is 47.2 Å². The van der Waals surface area contributed by atoms with Crippen LogP contribution in [0.3, 0.4) is 0 Å². The van der Waals surface area contributed by atoms with Crippen LogP contribution in [-0.4, -0.2) is 0 Å². The van der Waals surface area contributed by atoms with Crippen molar-refractivity contribution in [3.63, 3.8) is 0 Å². The Balaban J connectivity index is 0.000000173. The minimum Gasteiger partial charge on any atom is -0.222 e. The maximum absolute atomic E-state index is 8.49. The fourth-order valence-electron chi connectivity index (χ4n) is 5.44. The fourth-order valence-corrected chi connectivity index (χ4v) is 7.82. The van der Waals surface area contributed by atoms with Crippen LogP contribution in [0.5, 0.6) is 0 Å². The molecule has 0 atom stereocenters. The summed E-state index contributed by atoms with van der Waals surface area (Å²) in [6.07, 6.45) is 7.91. The molecule has 0 saturated heterocycles. The minimum atomic E-state index is -4.94. The van der Waals surface area contributed by atoms with Crippen molar-refractivity contribution in [2.24, 2.45) is 0 Å². The predicted octanol–water partition coefficient (Wildman–Crippen LogP) is 1.61. The number of nitrogens with one attached hydrogen (secondary N) is 2. The molecule has 0 fully saturated rings. The van der Waals surface area contributed by atoms with Crippen LogP contribution in [0.1, 0.15) is 0 Å². The van der Waals surface area contributed by atoms with Crippen LogP contribution in [0.15, 0.2) is 183 Å². The average molecular weight is 828 g/mol. The van der Waals surface area contributed by atoms with E-state index in [1.165, 1.54) is 64.0 Å². The lowest BCUT2D eigenvalue weighted by Crippen LogP contribution is -2.68. The topological polar surface area (TPSA) is 213 Å². The van der Waals surface area contributed by atoms with Crippen LogP contribution in [0, 0.1) is 20.5 Å². The molecule has 0 spiro atoms. The van der Waals surface area contributed by atoms with Gasteiger partial charge in [0.1, 0.15) is 0 Å². The van der Waals surface area contributed by atoms with E-state index in [0.29, 0.717) is 0 Å². The summed E-state index contributed by atoms with van der Waals surface area (Å²) in [6.45, 7) is 0. The predicted molar refractivity (Wildman–Crippen MR) is 194 cm³/mol. The molecule has 0 radical (unpaired) electrons. The Hall–Kier alpha value is -5.16. The second-order valence-electron chi connectivity index (χ2n) is 11.5. The highest BCUT2D eigenvalue weighted by Gasteiger charge is 2.16. The van der Waals surface area contributed by atoms with Gasteiger partial charge in [0.2, 0.25) is 0 Å². The van der Waals surface area contributed by atoms with Gasteiger partial charge in [-0.15, -0.1) is 43.2 Å². The van der Waals surface area contributed by atoms with E-state index in [-0.39, 0.29) is 0 Å². The third kappa shape index (κ3) is 13.5. The summed E-state index contributed by atoms with van der Waals surface area (Å²) >= 11 is 3.69. The van der Waals surface area contributed by atoms with Crippen LogP contribution in [0.4, 0.5) is 0 Å². The van der Waals surface area contributed by atoms with Crippen molar-refractivity contribution in [1.29, 1.82) is 0 Å². The number of H-pyrrole nitrogens is 2. The molecule has 4 aromatic heterocycles. The molecule has 2 N–H and O–H groups in total. The van der Waals surface area contributed by atoms with Crippen molar-refractivity contribution >= 4 is 22.7 Å². The second-order valence-corrected chi connectivity index (χ2v) is 15.1. The number of hydrogen-bond donors (Lipinski definition) is 0. The van der Waals surface area contributed by atoms with Crippen molar-refractivity contribution in [1.82, 2.24) is 0 Å². The molecule has 8 rings (SSSR count). The Kier molecular flexibility index (Phi) is 15.1. The summed E-state index contributed by atoms with van der Waals surface area (Å²) in [5.41, 5.74) is 10.1. The molecule has 4 heterocycles. The van der Waals surface area contributed by atoms with E-state index >= 15 is 0 Å². The highest BCUT2D eigenvalue weighted by molar-refractivity contribution is 7.19. The van der Waals surface area contributed by atoms with Gasteiger partial charge in [-0.1, -0.05) is 121 Å². The third-order valence-electron chi connectivity index (χ3n) is 7.71. The molecular weight excluding hydrogens is 796 g/mol. The lowest BCUT2D eigenvalue weighted by atomic mass is 10.0. The normalized spacial score (nSPS) is 10.9. The average Bonchev–Trinajstić information content (AvgIpc) is 3.86. The van der Waals surface area contributed by atoms with Crippen LogP contribution in [-0.2, 0) is 0 Å². The van der Waals surface area contributed by atoms with Gasteiger partial charge in [-0.05, 0) is 34.4 Å². The zero-order valence-corrected chi connectivity index (χ0v) is 32.3. The summed E-state index contributed by atoms with van der Waals surface area (Å²) in [5, 5.41) is 0. The van der Waals surface area contributed by atoms with E-state index < -0.39 is 20.5 Å². The van der Waals surface area contributed by atoms with Crippen molar-refractivity contribution in [2.75, 3.05) is 0 Å². The summed E-state index contributed by atoms with van der Waals surface area (Å²) in [6, 6.07) is 55.5. The molecule has 0 bridgehead atoms. The number of pyridine rings is 2. The zero-order chi connectivity index (χ0) is 40.0. The van der Waals surface area contributed by atoms with E-state index in [2.05, 4.69) is 168 Å². The van der Waals surface area contributed by atoms with Crippen molar-refractivity contribution < 1.29 is 67.7 Å². The zero-order valence-electron chi connectivity index (χ0n) is 29.2. The van der Waals surface area contributed by atoms with E-state index in [9.17, 15) is 0 Å². The Morgan fingerprint density at radius 2 is 0.571 bits per heavy atom. The molecule has 0 aliphatic rings. The summed E-state index contributed by atoms with van der Waals surface area (Å²) in [5.74, 6) is 0. The smallest absolute Gasteiger partial charge is 0.167 e. The number of aromatic amines is 2. The first-order chi connectivity index (χ1) is 26.8. The lowest BCUT2D eigenvalue weighted by molar-refractivity contribution is -2.00. The van der Waals surface area contributed by atoms with Gasteiger partial charge in [-0.2, -0.15) is 0 Å². The lowest BCUT2D eigenvalue weighted by Gasteiger charge is -2.17. The Labute approximate surface area is 335 Å². The van der Waals surface area contributed by atoms with Gasteiger partial charge in [0, 0.05) is 66.0 Å². The van der Waals surface area contributed by atoms with E-state index in [1.807, 2.05) is 47.5 Å². The van der Waals surface area contributed by atoms with E-state index in [0.717, 1.165) is 0 Å². The summed E-state index contributed by atoms with van der Waals surface area (Å²) in [7, 11) is -9.89. The summed E-state index contributed by atoms with van der Waals surface area (Å²) in [4.78, 5) is 11.4. The highest BCUT2D eigenvalue weighted by Crippen LogP contribution is 2.44. The van der Waals surface area contributed by atoms with Crippen LogP contribution in [0.25, 0.3) is 64.0 Å². The number of aromatic nitrogens is 2. The Morgan fingerprint density at radius 3 is 0.839 bits per heavy atom. The maximum Gasteiger partial charge on any atom is 0.167 e. The molecule has 4 aromatic carbocycles. The molecule has 0 unspecified atom stereocenters. The number of rotatable bonds is 6. The minimum absolute atomic E-state index is 1.25. The molecule has 0 aliphatic carbocycles. The SMILES string of the molecule is [O-][Cl+3]([O-])([O-])[O-].[O-][Cl+3]([O-])([O-])[O-].c1ccc(-c2cc(-c3ccccc3)c(-c3cc[nH+]cc3)s2)cc1.c1ccc(-c2cc(-c3ccccc3)c(-c3cc[nH+]cc3)s2)cc1. The molecule has 14 heteroatoms. The van der Waals surface area contributed by atoms with Gasteiger partial charge in [0.25, 0.3) is 0 Å². The van der Waals surface area contributed by atoms with E-state index in [1.54, 1.807) is 0 Å². The first-order valence-electron chi connectivity index (χ1n) is 16.5. The standard InChI is InChI=1S/2C21H15NS.2ClHO4/c2*1-3-7-16(8-4-1)19-15-20(17-9-5-2-6-10-17)23-21(19)18-11-13-22-14-12-18;2*2-1(3,4)5/h2*1-15H;2*(H,2,3,4,5). The molecule has 284 valence electrons. The first kappa shape index (κ1) is 42.0. The number of benzene rings is 4. The van der Waals surface area contributed by atoms with Crippen LogP contribution >= 0.6 is 22.7 Å². The number of thiophene rings is 2. The molecule has 10 nitrogen and oxygen atoms in total. The Morgan fingerprint density at radius 1 is 0.321 bits per heavy atom. The molecular formula is C42H32Cl2N2O8S2. The third-order valence-corrected chi connectivity index (χ3v) is 10.2. The second kappa shape index (κ2) is 20.1. The molecule has 8 aromatic rings. The van der Waals surface area contributed by atoms with Crippen molar-refractivity contribution in [3.8, 4) is 64.0 Å². The summed E-state index contributed by atoms with van der Waals surface area (Å²) < 4.78 is 67.9.